The predicted octanol–water partition coefficient (Wildman–Crippen LogP) is 12.5. The number of hydrogen-bond acceptors (Lipinski definition) is 12. The van der Waals surface area contributed by atoms with Gasteiger partial charge in [0.25, 0.3) is 0 Å². The first-order valence-corrected chi connectivity index (χ1v) is 24.0. The number of carbonyl (C=O) groups excluding carboxylic acids is 6. The molecule has 0 aliphatic rings. The van der Waals surface area contributed by atoms with Crippen LogP contribution in [0.25, 0.3) is 0 Å². The van der Waals surface area contributed by atoms with Crippen LogP contribution in [0, 0.1) is 55.4 Å². The van der Waals surface area contributed by atoms with E-state index in [1.807, 2.05) is 122 Å². The lowest BCUT2D eigenvalue weighted by Crippen LogP contribution is -2.11. The van der Waals surface area contributed by atoms with Gasteiger partial charge in [-0.25, -0.2) is 28.8 Å². The summed E-state index contributed by atoms with van der Waals surface area (Å²) in [6, 6.07) is 29.6. The summed E-state index contributed by atoms with van der Waals surface area (Å²) < 4.78 is 33.4. The monoisotopic (exact) mass is 1020 g/mol. The fourth-order valence-electron chi connectivity index (χ4n) is 8.80. The lowest BCUT2D eigenvalue weighted by atomic mass is 9.80. The van der Waals surface area contributed by atoms with Gasteiger partial charge in [0.15, 0.2) is 0 Å². The van der Waals surface area contributed by atoms with Crippen LogP contribution in [0.15, 0.2) is 172 Å². The molecule has 76 heavy (non-hydrogen) atoms. The Labute approximate surface area is 442 Å². The van der Waals surface area contributed by atoms with Crippen molar-refractivity contribution in [2.24, 2.45) is 0 Å². The minimum atomic E-state index is -0.673. The normalized spacial score (nSPS) is 11.7. The van der Waals surface area contributed by atoms with Gasteiger partial charge in [0, 0.05) is 48.3 Å². The van der Waals surface area contributed by atoms with Gasteiger partial charge >= 0.3 is 35.8 Å². The second-order valence-electron chi connectivity index (χ2n) is 18.0. The van der Waals surface area contributed by atoms with Gasteiger partial charge in [0.2, 0.25) is 0 Å². The van der Waals surface area contributed by atoms with E-state index in [9.17, 15) is 28.8 Å². The van der Waals surface area contributed by atoms with E-state index in [0.717, 1.165) is 85.5 Å². The quantitative estimate of drug-likeness (QED) is 0.0249. The molecule has 12 nitrogen and oxygen atoms in total. The van der Waals surface area contributed by atoms with Crippen molar-refractivity contribution < 1.29 is 57.2 Å². The van der Waals surface area contributed by atoms with Crippen LogP contribution in [-0.4, -0.2) is 35.8 Å². The van der Waals surface area contributed by atoms with Gasteiger partial charge in [-0.15, -0.1) is 0 Å². The van der Waals surface area contributed by atoms with Crippen LogP contribution in [0.5, 0.6) is 34.5 Å². The van der Waals surface area contributed by atoms with Crippen molar-refractivity contribution in [1.29, 1.82) is 0 Å². The van der Waals surface area contributed by atoms with Crippen molar-refractivity contribution in [2.75, 3.05) is 0 Å². The summed E-state index contributed by atoms with van der Waals surface area (Å²) in [4.78, 5) is 74.5. The summed E-state index contributed by atoms with van der Waals surface area (Å²) in [5, 5.41) is 0. The third-order valence-electron chi connectivity index (χ3n) is 12.3. The molecule has 0 amide bonds. The average molecular weight is 1020 g/mol. The Morgan fingerprint density at radius 1 is 0.342 bits per heavy atom. The third-order valence-corrected chi connectivity index (χ3v) is 12.3. The molecular formula is C64H58O12. The fourth-order valence-corrected chi connectivity index (χ4v) is 8.80. The van der Waals surface area contributed by atoms with Crippen molar-refractivity contribution in [3.05, 3.63) is 250 Å². The number of aryl methyl sites for hydroxylation is 8. The molecular weight excluding hydrogens is 961 g/mol. The second-order valence-corrected chi connectivity index (χ2v) is 18.0. The summed E-state index contributed by atoms with van der Waals surface area (Å²) >= 11 is 0. The molecule has 6 aromatic rings. The minimum absolute atomic E-state index is 0.336. The lowest BCUT2D eigenvalue weighted by molar-refractivity contribution is -0.130. The molecule has 12 heteroatoms. The number of allylic oxidation sites excluding steroid dienone is 2. The Morgan fingerprint density at radius 2 is 0.658 bits per heavy atom. The van der Waals surface area contributed by atoms with Crippen molar-refractivity contribution in [3.63, 3.8) is 0 Å². The first-order valence-electron chi connectivity index (χ1n) is 24.0. The Kier molecular flexibility index (Phi) is 18.4. The zero-order valence-electron chi connectivity index (χ0n) is 43.7. The highest BCUT2D eigenvalue weighted by molar-refractivity contribution is 5.88. The van der Waals surface area contributed by atoms with Gasteiger partial charge in [0.05, 0.1) is 0 Å². The molecule has 0 spiro atoms. The van der Waals surface area contributed by atoms with Gasteiger partial charge in [0.1, 0.15) is 34.5 Å². The Morgan fingerprint density at radius 3 is 1.04 bits per heavy atom. The van der Waals surface area contributed by atoms with Crippen molar-refractivity contribution in [2.45, 2.75) is 67.2 Å². The highest BCUT2D eigenvalue weighted by Crippen LogP contribution is 2.42. The number of benzene rings is 6. The number of hydrogen-bond donors (Lipinski definition) is 0. The van der Waals surface area contributed by atoms with E-state index in [4.69, 9.17) is 28.4 Å². The number of ether oxygens (including phenoxy) is 6. The van der Waals surface area contributed by atoms with E-state index in [-0.39, 0.29) is 11.8 Å². The fraction of sp³-hybridized carbons (Fsp3) is 0.156. The molecule has 0 saturated carbocycles. The molecule has 0 fully saturated rings. The predicted molar refractivity (Wildman–Crippen MR) is 291 cm³/mol. The van der Waals surface area contributed by atoms with Gasteiger partial charge in [-0.05, 0) is 170 Å². The van der Waals surface area contributed by atoms with Gasteiger partial charge in [-0.2, -0.15) is 0 Å². The molecule has 0 radical (unpaired) electrons. The van der Waals surface area contributed by atoms with Crippen molar-refractivity contribution >= 4 is 35.8 Å². The van der Waals surface area contributed by atoms with E-state index in [2.05, 4.69) is 26.3 Å². The van der Waals surface area contributed by atoms with E-state index < -0.39 is 35.8 Å². The first kappa shape index (κ1) is 55.9. The van der Waals surface area contributed by atoms with E-state index in [1.54, 1.807) is 30.3 Å². The van der Waals surface area contributed by atoms with Crippen molar-refractivity contribution in [1.82, 2.24) is 0 Å². The Bertz CT molecular complexity index is 3320. The molecule has 0 heterocycles. The second kappa shape index (κ2) is 25.0. The van der Waals surface area contributed by atoms with Crippen molar-refractivity contribution in [3.8, 4) is 34.5 Å². The standard InChI is InChI=1S/C64H58O12/c1-13-55(65)71-49-25-21-45(22-26-49)61(47-29-41(9)63(42(10)30-47)75-58(68)16-4)48-31-43(11)64(44(12)32-48)76-60(70)20-18-17-19-59(69)74-54-36-38(6)52(34-40(54)8)62(46-23-27-50(28-24-46)72-56(66)14-2)51-33-39(7)53(35-37(51)5)73-57(67)15-3/h13-36,61-62H,1-4H2,5-12H3/b19-17+,20-18+. The maximum Gasteiger partial charge on any atom is 0.336 e. The maximum atomic E-state index is 13.2. The van der Waals surface area contributed by atoms with Crippen LogP contribution in [0.2, 0.25) is 0 Å². The molecule has 6 aromatic carbocycles. The van der Waals surface area contributed by atoms with E-state index in [1.165, 1.54) is 24.3 Å². The highest BCUT2D eigenvalue weighted by atomic mass is 16.6. The van der Waals surface area contributed by atoms with Crippen LogP contribution >= 0.6 is 0 Å². The van der Waals surface area contributed by atoms with Crippen LogP contribution in [0.4, 0.5) is 0 Å². The summed E-state index contributed by atoms with van der Waals surface area (Å²) in [6.07, 6.45) is 9.56. The van der Waals surface area contributed by atoms with E-state index in [0.29, 0.717) is 51.2 Å². The molecule has 2 unspecified atom stereocenters. The summed E-state index contributed by atoms with van der Waals surface area (Å²) in [7, 11) is 0. The number of rotatable bonds is 19. The maximum absolute atomic E-state index is 13.2. The average Bonchev–Trinajstić information content (AvgIpc) is 3.40. The topological polar surface area (TPSA) is 158 Å². The molecule has 6 rings (SSSR count). The van der Waals surface area contributed by atoms with Crippen LogP contribution < -0.4 is 28.4 Å². The molecule has 2 atom stereocenters. The minimum Gasteiger partial charge on any atom is -0.423 e. The molecule has 386 valence electrons. The summed E-state index contributed by atoms with van der Waals surface area (Å²) in [6.45, 7) is 28.9. The molecule has 0 aliphatic carbocycles. The van der Waals surface area contributed by atoms with Crippen LogP contribution in [0.3, 0.4) is 0 Å². The number of carbonyl (C=O) groups is 6. The Balaban J connectivity index is 1.20. The van der Waals surface area contributed by atoms with Gasteiger partial charge in [-0.1, -0.05) is 99.1 Å². The molecule has 0 aliphatic heterocycles. The zero-order valence-corrected chi connectivity index (χ0v) is 43.7. The highest BCUT2D eigenvalue weighted by Gasteiger charge is 2.26. The zero-order chi connectivity index (χ0) is 55.4. The SMILES string of the molecule is C=CC(=O)Oc1ccc(C(c2cc(C)c(OC(=O)C=C)c(C)c2)c2cc(C)c(OC(=O)/C=C/C=C/C(=O)Oc3cc(C)c(C(c4ccc(OC(=O)C=C)cc4)c4cc(C)c(OC(=O)C=C)cc4C)cc3C)c(C)c2)cc1. The smallest absolute Gasteiger partial charge is 0.336 e. The largest absolute Gasteiger partial charge is 0.423 e. The number of esters is 6. The van der Waals surface area contributed by atoms with Gasteiger partial charge in [-0.3, -0.25) is 0 Å². The van der Waals surface area contributed by atoms with Gasteiger partial charge < -0.3 is 28.4 Å². The molecule has 0 N–H and O–H groups in total. The van der Waals surface area contributed by atoms with E-state index >= 15 is 0 Å². The first-order chi connectivity index (χ1) is 36.2. The Hall–Kier alpha value is -9.42. The molecule has 0 bridgehead atoms. The summed E-state index contributed by atoms with van der Waals surface area (Å²) in [5.41, 5.74) is 11.3. The lowest BCUT2D eigenvalue weighted by Gasteiger charge is -2.25. The molecule has 0 aromatic heterocycles. The third kappa shape index (κ3) is 13.8. The van der Waals surface area contributed by atoms with Crippen LogP contribution in [-0.2, 0) is 28.8 Å². The van der Waals surface area contributed by atoms with Crippen LogP contribution in [0.1, 0.15) is 89.7 Å². The summed E-state index contributed by atoms with van der Waals surface area (Å²) in [5.74, 6) is -2.10. The molecule has 0 saturated heterocycles.